The Morgan fingerprint density at radius 3 is 2.42 bits per heavy atom. The summed E-state index contributed by atoms with van der Waals surface area (Å²) >= 11 is 0. The molecule has 0 aromatic carbocycles. The molecule has 2 unspecified atom stereocenters. The van der Waals surface area contributed by atoms with Gasteiger partial charge in [0.1, 0.15) is 0 Å². The van der Waals surface area contributed by atoms with Crippen molar-refractivity contribution in [1.29, 1.82) is 0 Å². The maximum atomic E-state index is 12.3. The van der Waals surface area contributed by atoms with E-state index in [0.717, 1.165) is 25.7 Å². The van der Waals surface area contributed by atoms with E-state index in [1.54, 1.807) is 0 Å². The van der Waals surface area contributed by atoms with Crippen molar-refractivity contribution in [2.45, 2.75) is 96.4 Å². The van der Waals surface area contributed by atoms with Gasteiger partial charge in [-0.2, -0.15) is 0 Å². The average molecular weight is 267 g/mol. The van der Waals surface area contributed by atoms with E-state index in [9.17, 15) is 4.79 Å². The molecule has 0 saturated heterocycles. The number of hydrogen-bond acceptors (Lipinski definition) is 2. The lowest BCUT2D eigenvalue weighted by Crippen LogP contribution is -2.50. The van der Waals surface area contributed by atoms with Gasteiger partial charge in [-0.05, 0) is 25.2 Å². The largest absolute Gasteiger partial charge is 0.319 e. The SMILES string of the molecule is CCCCCCCCCC(=O)C1(N)CCCC(C)C1. The highest BCUT2D eigenvalue weighted by Crippen LogP contribution is 2.32. The van der Waals surface area contributed by atoms with Crippen molar-refractivity contribution in [1.82, 2.24) is 0 Å². The van der Waals surface area contributed by atoms with Crippen LogP contribution in [0.15, 0.2) is 0 Å². The topological polar surface area (TPSA) is 43.1 Å². The van der Waals surface area contributed by atoms with Gasteiger partial charge >= 0.3 is 0 Å². The van der Waals surface area contributed by atoms with Crippen molar-refractivity contribution in [2.24, 2.45) is 11.7 Å². The minimum Gasteiger partial charge on any atom is -0.319 e. The Hall–Kier alpha value is -0.370. The van der Waals surface area contributed by atoms with Crippen molar-refractivity contribution >= 4 is 5.78 Å². The number of ketones is 1. The zero-order chi connectivity index (χ0) is 14.1. The normalized spacial score (nSPS) is 27.4. The van der Waals surface area contributed by atoms with Gasteiger partial charge < -0.3 is 5.73 Å². The number of rotatable bonds is 9. The average Bonchev–Trinajstić information content (AvgIpc) is 2.37. The molecule has 0 bridgehead atoms. The van der Waals surface area contributed by atoms with Crippen LogP contribution in [-0.4, -0.2) is 11.3 Å². The van der Waals surface area contributed by atoms with Crippen molar-refractivity contribution in [3.05, 3.63) is 0 Å². The molecule has 2 atom stereocenters. The highest BCUT2D eigenvalue weighted by molar-refractivity contribution is 5.88. The van der Waals surface area contributed by atoms with E-state index >= 15 is 0 Å². The fourth-order valence-corrected chi connectivity index (χ4v) is 3.34. The Kier molecular flexibility index (Phi) is 7.67. The Morgan fingerprint density at radius 1 is 1.16 bits per heavy atom. The van der Waals surface area contributed by atoms with Gasteiger partial charge in [0.15, 0.2) is 5.78 Å². The van der Waals surface area contributed by atoms with Gasteiger partial charge in [-0.3, -0.25) is 4.79 Å². The number of carbonyl (C=O) groups excluding carboxylic acids is 1. The molecule has 0 aromatic heterocycles. The van der Waals surface area contributed by atoms with Crippen LogP contribution in [0.4, 0.5) is 0 Å². The summed E-state index contributed by atoms with van der Waals surface area (Å²) in [6, 6.07) is 0. The lowest BCUT2D eigenvalue weighted by molar-refractivity contribution is -0.126. The highest BCUT2D eigenvalue weighted by atomic mass is 16.1. The first-order valence-electron chi connectivity index (χ1n) is 8.40. The Bertz CT molecular complexity index is 264. The van der Waals surface area contributed by atoms with Crippen LogP contribution in [0.5, 0.6) is 0 Å². The molecule has 2 heteroatoms. The van der Waals surface area contributed by atoms with E-state index in [4.69, 9.17) is 5.73 Å². The molecule has 1 fully saturated rings. The molecule has 0 radical (unpaired) electrons. The van der Waals surface area contributed by atoms with E-state index < -0.39 is 5.54 Å². The van der Waals surface area contributed by atoms with Crippen LogP contribution in [-0.2, 0) is 4.79 Å². The van der Waals surface area contributed by atoms with Gasteiger partial charge in [0.05, 0.1) is 5.54 Å². The predicted molar refractivity (Wildman–Crippen MR) is 82.2 cm³/mol. The lowest BCUT2D eigenvalue weighted by Gasteiger charge is -2.35. The summed E-state index contributed by atoms with van der Waals surface area (Å²) < 4.78 is 0. The van der Waals surface area contributed by atoms with E-state index in [1.165, 1.54) is 44.9 Å². The van der Waals surface area contributed by atoms with E-state index in [-0.39, 0.29) is 0 Å². The first kappa shape index (κ1) is 16.7. The molecule has 0 spiro atoms. The first-order chi connectivity index (χ1) is 9.08. The zero-order valence-corrected chi connectivity index (χ0v) is 13.0. The molecule has 2 nitrogen and oxygen atoms in total. The number of nitrogens with two attached hydrogens (primary N) is 1. The molecule has 0 heterocycles. The highest BCUT2D eigenvalue weighted by Gasteiger charge is 2.36. The van der Waals surface area contributed by atoms with E-state index in [0.29, 0.717) is 18.1 Å². The molecular weight excluding hydrogens is 234 g/mol. The van der Waals surface area contributed by atoms with Crippen molar-refractivity contribution in [2.75, 3.05) is 0 Å². The zero-order valence-electron chi connectivity index (χ0n) is 13.0. The molecule has 0 aliphatic heterocycles. The van der Waals surface area contributed by atoms with Crippen LogP contribution in [0, 0.1) is 5.92 Å². The number of carbonyl (C=O) groups is 1. The minimum absolute atomic E-state index is 0.326. The summed E-state index contributed by atoms with van der Waals surface area (Å²) in [6.45, 7) is 4.46. The monoisotopic (exact) mass is 267 g/mol. The number of unbranched alkanes of at least 4 members (excludes halogenated alkanes) is 6. The van der Waals surface area contributed by atoms with Crippen molar-refractivity contribution in [3.8, 4) is 0 Å². The molecule has 1 rings (SSSR count). The smallest absolute Gasteiger partial charge is 0.152 e. The molecule has 112 valence electrons. The minimum atomic E-state index is -0.486. The van der Waals surface area contributed by atoms with Crippen LogP contribution >= 0.6 is 0 Å². The lowest BCUT2D eigenvalue weighted by atomic mass is 9.73. The number of Topliss-reactive ketones (excluding diaryl/α,β-unsaturated/α-hetero) is 1. The van der Waals surface area contributed by atoms with Crippen LogP contribution in [0.1, 0.15) is 90.9 Å². The second kappa shape index (κ2) is 8.73. The Morgan fingerprint density at radius 2 is 1.79 bits per heavy atom. The third-order valence-corrected chi connectivity index (χ3v) is 4.60. The van der Waals surface area contributed by atoms with Crippen LogP contribution in [0.2, 0.25) is 0 Å². The summed E-state index contributed by atoms with van der Waals surface area (Å²) in [5.41, 5.74) is 5.84. The fourth-order valence-electron chi connectivity index (χ4n) is 3.34. The maximum Gasteiger partial charge on any atom is 0.152 e. The van der Waals surface area contributed by atoms with Gasteiger partial charge in [-0.1, -0.05) is 65.2 Å². The molecule has 19 heavy (non-hydrogen) atoms. The van der Waals surface area contributed by atoms with Gasteiger partial charge in [0, 0.05) is 6.42 Å². The molecule has 1 saturated carbocycles. The van der Waals surface area contributed by atoms with Gasteiger partial charge in [0.2, 0.25) is 0 Å². The molecular formula is C17H33NO. The summed E-state index contributed by atoms with van der Waals surface area (Å²) in [5, 5.41) is 0. The van der Waals surface area contributed by atoms with Gasteiger partial charge in [-0.25, -0.2) is 0 Å². The summed E-state index contributed by atoms with van der Waals surface area (Å²) in [7, 11) is 0. The Labute approximate surface area is 119 Å². The van der Waals surface area contributed by atoms with Crippen LogP contribution < -0.4 is 5.73 Å². The maximum absolute atomic E-state index is 12.3. The van der Waals surface area contributed by atoms with E-state index in [2.05, 4.69) is 13.8 Å². The molecule has 0 amide bonds. The fraction of sp³-hybridized carbons (Fsp3) is 0.941. The quantitative estimate of drug-likeness (QED) is 0.620. The van der Waals surface area contributed by atoms with Gasteiger partial charge in [0.25, 0.3) is 0 Å². The predicted octanol–water partition coefficient (Wildman–Crippen LogP) is 4.60. The van der Waals surface area contributed by atoms with Gasteiger partial charge in [-0.15, -0.1) is 0 Å². The summed E-state index contributed by atoms with van der Waals surface area (Å²) in [6.07, 6.45) is 13.7. The van der Waals surface area contributed by atoms with Crippen LogP contribution in [0.25, 0.3) is 0 Å². The summed E-state index contributed by atoms with van der Waals surface area (Å²) in [4.78, 5) is 12.3. The third kappa shape index (κ3) is 6.07. The second-order valence-electron chi connectivity index (χ2n) is 6.65. The van der Waals surface area contributed by atoms with E-state index in [1.807, 2.05) is 0 Å². The molecule has 1 aliphatic carbocycles. The van der Waals surface area contributed by atoms with Crippen LogP contribution in [0.3, 0.4) is 0 Å². The second-order valence-corrected chi connectivity index (χ2v) is 6.65. The third-order valence-electron chi connectivity index (χ3n) is 4.60. The summed E-state index contributed by atoms with van der Waals surface area (Å²) in [5.74, 6) is 0.948. The molecule has 0 aromatic rings. The van der Waals surface area contributed by atoms with Crippen molar-refractivity contribution in [3.63, 3.8) is 0 Å². The number of hydrogen-bond donors (Lipinski definition) is 1. The molecule has 1 aliphatic rings. The molecule has 2 N–H and O–H groups in total. The first-order valence-corrected chi connectivity index (χ1v) is 8.40. The Balaban J connectivity index is 2.13. The van der Waals surface area contributed by atoms with Crippen molar-refractivity contribution < 1.29 is 4.79 Å². The standard InChI is InChI=1S/C17H33NO/c1-3-4-5-6-7-8-9-12-16(19)17(18)13-10-11-15(2)14-17/h15H,3-14,18H2,1-2H3.